The molecule has 6 heteroatoms. The molecule has 23 rings (SSSR count). The number of nitrogens with zero attached hydrogens (tertiary/aromatic N) is 6. The second-order valence-corrected chi connectivity index (χ2v) is 30.6. The van der Waals surface area contributed by atoms with Crippen LogP contribution in [0.15, 0.2) is 413 Å². The second-order valence-electron chi connectivity index (χ2n) is 30.6. The Morgan fingerprint density at radius 3 is 0.797 bits per heavy atom. The molecule has 0 saturated heterocycles. The van der Waals surface area contributed by atoms with Crippen LogP contribution in [0.1, 0.15) is 0 Å². The molecule has 0 spiro atoms. The summed E-state index contributed by atoms with van der Waals surface area (Å²) in [6.45, 7) is 0. The summed E-state index contributed by atoms with van der Waals surface area (Å²) in [6.07, 6.45) is 3.63. The summed E-state index contributed by atoms with van der Waals surface area (Å²) in [5, 5.41) is 24.3. The van der Waals surface area contributed by atoms with Crippen LogP contribution >= 0.6 is 0 Å². The molecule has 6 nitrogen and oxygen atoms in total. The maximum absolute atomic E-state index is 5.49. The van der Waals surface area contributed by atoms with Gasteiger partial charge in [-0.2, -0.15) is 0 Å². The molecule has 19 aromatic carbocycles. The topological polar surface area (TPSA) is 77.3 Å². The van der Waals surface area contributed by atoms with Gasteiger partial charge in [-0.15, -0.1) is 0 Å². The molecule has 0 unspecified atom stereocenters. The number of benzene rings is 19. The number of fused-ring (bicyclic) bond motifs is 18. The molecule has 4 aromatic heterocycles. The highest BCUT2D eigenvalue weighted by atomic mass is 15.0. The van der Waals surface area contributed by atoms with Crippen molar-refractivity contribution in [3.63, 3.8) is 0 Å². The van der Waals surface area contributed by atoms with E-state index in [1.165, 1.54) is 97.3 Å². The number of aromatic nitrogens is 6. The predicted octanol–water partition coefficient (Wildman–Crippen LogP) is 29.6. The third-order valence-electron chi connectivity index (χ3n) is 24.0. The molecular weight excluding hydrogens is 1430 g/mol. The Kier molecular flexibility index (Phi) is 16.2. The third-order valence-corrected chi connectivity index (χ3v) is 24.0. The quantitative estimate of drug-likeness (QED) is 0.113. The summed E-state index contributed by atoms with van der Waals surface area (Å²) in [7, 11) is 0. The fourth-order valence-electron chi connectivity index (χ4n) is 18.5. The van der Waals surface area contributed by atoms with Crippen molar-refractivity contribution < 1.29 is 0 Å². The van der Waals surface area contributed by atoms with Gasteiger partial charge in [-0.05, 0) is 246 Å². The second kappa shape index (κ2) is 28.1. The summed E-state index contributed by atoms with van der Waals surface area (Å²) >= 11 is 0. The van der Waals surface area contributed by atoms with Gasteiger partial charge in [-0.25, -0.2) is 19.9 Å². The van der Waals surface area contributed by atoms with Crippen LogP contribution < -0.4 is 0 Å². The maximum Gasteiger partial charge on any atom is 0.164 e. The van der Waals surface area contributed by atoms with Crippen molar-refractivity contribution in [1.82, 2.24) is 29.9 Å². The molecule has 23 aromatic rings. The van der Waals surface area contributed by atoms with Gasteiger partial charge in [-0.3, -0.25) is 9.97 Å². The highest BCUT2D eigenvalue weighted by Gasteiger charge is 2.25. The van der Waals surface area contributed by atoms with Gasteiger partial charge < -0.3 is 0 Å². The van der Waals surface area contributed by atoms with Gasteiger partial charge in [0.2, 0.25) is 0 Å². The van der Waals surface area contributed by atoms with Crippen LogP contribution in [-0.2, 0) is 0 Å². The van der Waals surface area contributed by atoms with E-state index in [0.717, 1.165) is 128 Å². The van der Waals surface area contributed by atoms with Gasteiger partial charge in [0.15, 0.2) is 17.5 Å². The third kappa shape index (κ3) is 11.6. The average molecular weight is 1500 g/mol. The molecule has 546 valence electrons. The van der Waals surface area contributed by atoms with Crippen molar-refractivity contribution >= 4 is 108 Å². The largest absolute Gasteiger partial charge is 0.255 e. The van der Waals surface area contributed by atoms with Crippen LogP contribution in [0.5, 0.6) is 0 Å². The SMILES string of the molecule is c1ccc(-c2ccc(-c3nc(-c4ccc(-c5c(-c6ccc7c8ccccc8c8ccccc8c7c6)c6ccccc6c6ccccc56)cc4)nc(-c4cccc(-c5ccc6c(-c7ccc8c9ccccc9c9ccccc9c8c7)c(-c7ccc(-c8cc(-c9ccccn9)nc(-c9ccccn9)c8)cc7)c7ccccc7c6c5)c4)n3)cc2)cc1. The first-order valence-corrected chi connectivity index (χ1v) is 40.2. The fourth-order valence-corrected chi connectivity index (χ4v) is 18.5. The van der Waals surface area contributed by atoms with Gasteiger partial charge in [0.1, 0.15) is 0 Å². The van der Waals surface area contributed by atoms with Crippen LogP contribution in [0.2, 0.25) is 0 Å². The van der Waals surface area contributed by atoms with Gasteiger partial charge in [0.25, 0.3) is 0 Å². The smallest absolute Gasteiger partial charge is 0.164 e. The Balaban J connectivity index is 0.671. The van der Waals surface area contributed by atoms with Crippen LogP contribution in [0, 0.1) is 0 Å². The van der Waals surface area contributed by atoms with E-state index in [2.05, 4.69) is 364 Å². The molecule has 0 bridgehead atoms. The minimum Gasteiger partial charge on any atom is -0.255 e. The first-order chi connectivity index (χ1) is 58.5. The Morgan fingerprint density at radius 2 is 0.373 bits per heavy atom. The molecule has 118 heavy (non-hydrogen) atoms. The number of hydrogen-bond acceptors (Lipinski definition) is 6. The molecule has 0 aliphatic carbocycles. The Hall–Kier alpha value is -15.8. The lowest BCUT2D eigenvalue weighted by Gasteiger charge is -2.20. The monoisotopic (exact) mass is 1500 g/mol. The lowest BCUT2D eigenvalue weighted by atomic mass is 9.83. The molecule has 0 amide bonds. The standard InChI is InChI=1S/C112H68N6/c1-2-23-69(24-3-1)70-45-51-74(52-46-70)110-116-111(75-53-49-73(50-54-75)106-95-38-15-12-33-88(95)89-34-13-16-39-96(89)108(106)78-56-58-93-86-31-6-4-27-82(86)84-29-8-10-35-90(84)99(93)65-78)118-112(117-110)80-26-22-25-76(63-80)77-55-60-98-101(64-77)92-37-14-17-40-97(92)107(109(98)79-57-59-94-87-32-7-5-28-83(87)85-30-9-11-36-91(85)100(94)66-79)72-47-43-71(44-48-72)81-67-104(102-41-18-20-61-113-102)115-105(68-81)103-42-19-21-62-114-103/h1-68H. The molecule has 0 N–H and O–H groups in total. The van der Waals surface area contributed by atoms with Gasteiger partial charge in [0, 0.05) is 29.1 Å². The summed E-state index contributed by atoms with van der Waals surface area (Å²) in [5.74, 6) is 1.73. The Morgan fingerprint density at radius 1 is 0.119 bits per heavy atom. The van der Waals surface area contributed by atoms with Gasteiger partial charge >= 0.3 is 0 Å². The summed E-state index contributed by atoms with van der Waals surface area (Å²) in [4.78, 5) is 30.9. The molecule has 0 aliphatic rings. The lowest BCUT2D eigenvalue weighted by Crippen LogP contribution is -2.00. The minimum atomic E-state index is 0.574. The van der Waals surface area contributed by atoms with Crippen molar-refractivity contribution in [3.05, 3.63) is 413 Å². The molecular formula is C112H68N6. The number of pyridine rings is 3. The molecule has 0 atom stereocenters. The van der Waals surface area contributed by atoms with E-state index in [0.29, 0.717) is 17.5 Å². The number of rotatable bonds is 12. The van der Waals surface area contributed by atoms with Crippen molar-refractivity contribution in [2.45, 2.75) is 0 Å². The molecule has 0 aliphatic heterocycles. The Labute approximate surface area is 680 Å². The summed E-state index contributed by atoms with van der Waals surface area (Å²) in [6, 6.07) is 145. The van der Waals surface area contributed by atoms with Gasteiger partial charge in [0.05, 0.1) is 22.8 Å². The van der Waals surface area contributed by atoms with Gasteiger partial charge in [-0.1, -0.05) is 340 Å². The van der Waals surface area contributed by atoms with E-state index < -0.39 is 0 Å². The Bertz CT molecular complexity index is 7880. The number of hydrogen-bond donors (Lipinski definition) is 0. The highest BCUT2D eigenvalue weighted by molar-refractivity contribution is 6.30. The normalized spacial score (nSPS) is 11.7. The van der Waals surface area contributed by atoms with Crippen LogP contribution in [0.3, 0.4) is 0 Å². The molecule has 0 fully saturated rings. The highest BCUT2D eigenvalue weighted by Crippen LogP contribution is 2.51. The van der Waals surface area contributed by atoms with E-state index in [-0.39, 0.29) is 0 Å². The molecule has 0 radical (unpaired) electrons. The molecule has 0 saturated carbocycles. The van der Waals surface area contributed by atoms with E-state index in [4.69, 9.17) is 29.9 Å². The predicted molar refractivity (Wildman–Crippen MR) is 494 cm³/mol. The summed E-state index contributed by atoms with van der Waals surface area (Å²) in [5.41, 5.74) is 21.4. The first kappa shape index (κ1) is 67.9. The average Bonchev–Trinajstić information content (AvgIpc) is 0.731. The lowest BCUT2D eigenvalue weighted by molar-refractivity contribution is 1.07. The maximum atomic E-state index is 5.49. The molecule has 4 heterocycles. The van der Waals surface area contributed by atoms with Crippen LogP contribution in [0.4, 0.5) is 0 Å². The zero-order chi connectivity index (χ0) is 77.7. The van der Waals surface area contributed by atoms with Crippen molar-refractivity contribution in [3.8, 4) is 135 Å². The van der Waals surface area contributed by atoms with E-state index in [9.17, 15) is 0 Å². The van der Waals surface area contributed by atoms with E-state index >= 15 is 0 Å². The first-order valence-electron chi connectivity index (χ1n) is 40.2. The zero-order valence-electron chi connectivity index (χ0n) is 63.9. The zero-order valence-corrected chi connectivity index (χ0v) is 63.9. The van der Waals surface area contributed by atoms with Crippen molar-refractivity contribution in [2.75, 3.05) is 0 Å². The van der Waals surface area contributed by atoms with E-state index in [1.807, 2.05) is 48.8 Å². The van der Waals surface area contributed by atoms with Crippen molar-refractivity contribution in [2.24, 2.45) is 0 Å². The van der Waals surface area contributed by atoms with Crippen LogP contribution in [-0.4, -0.2) is 29.9 Å². The van der Waals surface area contributed by atoms with E-state index in [1.54, 1.807) is 0 Å². The summed E-state index contributed by atoms with van der Waals surface area (Å²) < 4.78 is 0. The fraction of sp³-hybridized carbons (Fsp3) is 0. The minimum absolute atomic E-state index is 0.574. The van der Waals surface area contributed by atoms with Crippen molar-refractivity contribution in [1.29, 1.82) is 0 Å². The van der Waals surface area contributed by atoms with Crippen LogP contribution in [0.25, 0.3) is 243 Å².